The van der Waals surface area contributed by atoms with E-state index in [0.717, 1.165) is 5.56 Å². The third-order valence-corrected chi connectivity index (χ3v) is 2.54. The average molecular weight is 271 g/mol. The molecule has 0 spiro atoms. The fourth-order valence-corrected chi connectivity index (χ4v) is 1.79. The largest absolute Gasteiger partial charge is 0.391 e. The van der Waals surface area contributed by atoms with E-state index in [1.165, 1.54) is 0 Å². The lowest BCUT2D eigenvalue weighted by Gasteiger charge is -2.18. The highest BCUT2D eigenvalue weighted by Crippen LogP contribution is 2.24. The van der Waals surface area contributed by atoms with Gasteiger partial charge in [-0.3, -0.25) is 0 Å². The van der Waals surface area contributed by atoms with E-state index < -0.39 is 12.1 Å². The molecule has 2 nitrogen and oxygen atoms in total. The Balaban J connectivity index is 0.00000196. The molecule has 0 bridgehead atoms. The van der Waals surface area contributed by atoms with Gasteiger partial charge in [-0.1, -0.05) is 30.1 Å². The van der Waals surface area contributed by atoms with Crippen LogP contribution in [0.15, 0.2) is 18.2 Å². The maximum Gasteiger partial charge on any atom is 0.0730 e. The Morgan fingerprint density at radius 2 is 1.73 bits per heavy atom. The van der Waals surface area contributed by atoms with Crippen molar-refractivity contribution in [3.8, 4) is 0 Å². The van der Waals surface area contributed by atoms with E-state index in [9.17, 15) is 5.11 Å². The van der Waals surface area contributed by atoms with Crippen molar-refractivity contribution in [2.45, 2.75) is 25.5 Å². The zero-order valence-electron chi connectivity index (χ0n) is 8.28. The lowest BCUT2D eigenvalue weighted by Crippen LogP contribution is -2.25. The van der Waals surface area contributed by atoms with Crippen LogP contribution >= 0.6 is 35.6 Å². The molecule has 0 fully saturated rings. The summed E-state index contributed by atoms with van der Waals surface area (Å²) in [5.41, 5.74) is 6.58. The quantitative estimate of drug-likeness (QED) is 0.886. The lowest BCUT2D eigenvalue weighted by atomic mass is 10.0. The number of rotatable bonds is 3. The van der Waals surface area contributed by atoms with Gasteiger partial charge in [0.25, 0.3) is 0 Å². The van der Waals surface area contributed by atoms with Crippen LogP contribution in [0.3, 0.4) is 0 Å². The lowest BCUT2D eigenvalue weighted by molar-refractivity contribution is 0.141. The van der Waals surface area contributed by atoms with E-state index in [0.29, 0.717) is 16.5 Å². The summed E-state index contributed by atoms with van der Waals surface area (Å²) in [5, 5.41) is 10.6. The normalized spacial score (nSPS) is 14.2. The number of aliphatic hydroxyl groups excluding tert-OH is 1. The summed E-state index contributed by atoms with van der Waals surface area (Å²) in [5.74, 6) is 0. The molecule has 1 rings (SSSR count). The van der Waals surface area contributed by atoms with Crippen LogP contribution in [0.5, 0.6) is 0 Å². The number of benzene rings is 1. The first-order valence-corrected chi connectivity index (χ1v) is 5.19. The molecule has 0 aromatic heterocycles. The summed E-state index contributed by atoms with van der Waals surface area (Å²) < 4.78 is 0. The first kappa shape index (κ1) is 15.0. The molecule has 3 N–H and O–H groups in total. The minimum absolute atomic E-state index is 0. The van der Waals surface area contributed by atoms with Crippen molar-refractivity contribution in [3.05, 3.63) is 33.8 Å². The maximum absolute atomic E-state index is 9.55. The van der Waals surface area contributed by atoms with Gasteiger partial charge in [-0.25, -0.2) is 0 Å². The molecule has 0 saturated carbocycles. The highest BCUT2D eigenvalue weighted by atomic mass is 35.5. The molecule has 15 heavy (non-hydrogen) atoms. The van der Waals surface area contributed by atoms with Crippen molar-refractivity contribution >= 4 is 35.6 Å². The van der Waals surface area contributed by atoms with Crippen LogP contribution in [0.25, 0.3) is 0 Å². The summed E-state index contributed by atoms with van der Waals surface area (Å²) in [6.45, 7) is 1.87. The van der Waals surface area contributed by atoms with Gasteiger partial charge in [-0.05, 0) is 30.2 Å². The van der Waals surface area contributed by atoms with Gasteiger partial charge in [0.1, 0.15) is 0 Å². The third-order valence-electron chi connectivity index (χ3n) is 2.10. The van der Waals surface area contributed by atoms with Crippen molar-refractivity contribution in [2.75, 3.05) is 0 Å². The molecule has 1 aromatic rings. The molecule has 86 valence electrons. The Hall–Kier alpha value is 0.01000. The van der Waals surface area contributed by atoms with Gasteiger partial charge < -0.3 is 10.8 Å². The predicted molar refractivity (Wildman–Crippen MR) is 66.9 cm³/mol. The molecule has 0 heterocycles. The number of nitrogens with two attached hydrogens (primary N) is 1. The first-order chi connectivity index (χ1) is 6.54. The minimum Gasteiger partial charge on any atom is -0.391 e. The van der Waals surface area contributed by atoms with Crippen molar-refractivity contribution in [1.82, 2.24) is 0 Å². The smallest absolute Gasteiger partial charge is 0.0730 e. The highest BCUT2D eigenvalue weighted by Gasteiger charge is 2.15. The first-order valence-electron chi connectivity index (χ1n) is 4.44. The fourth-order valence-electron chi connectivity index (χ4n) is 1.24. The summed E-state index contributed by atoms with van der Waals surface area (Å²) in [7, 11) is 0. The molecule has 2 atom stereocenters. The predicted octanol–water partition coefficient (Wildman–Crippen LogP) is 3.19. The Kier molecular flexibility index (Phi) is 6.57. The summed E-state index contributed by atoms with van der Waals surface area (Å²) >= 11 is 11.6. The number of hydrogen-bond acceptors (Lipinski definition) is 2. The van der Waals surface area contributed by atoms with Crippen LogP contribution in [-0.2, 0) is 0 Å². The fraction of sp³-hybridized carbons (Fsp3) is 0.400. The van der Waals surface area contributed by atoms with Crippen LogP contribution in [0.4, 0.5) is 0 Å². The molecule has 0 aliphatic rings. The van der Waals surface area contributed by atoms with Gasteiger partial charge in [0.15, 0.2) is 0 Å². The second-order valence-electron chi connectivity index (χ2n) is 3.20. The van der Waals surface area contributed by atoms with E-state index >= 15 is 0 Å². The minimum atomic E-state index is -0.565. The maximum atomic E-state index is 9.55. The van der Waals surface area contributed by atoms with Crippen molar-refractivity contribution < 1.29 is 5.11 Å². The van der Waals surface area contributed by atoms with Gasteiger partial charge in [0, 0.05) is 10.0 Å². The highest BCUT2D eigenvalue weighted by molar-refractivity contribution is 6.34. The van der Waals surface area contributed by atoms with Crippen LogP contribution in [0.1, 0.15) is 24.9 Å². The Morgan fingerprint density at radius 1 is 1.27 bits per heavy atom. The number of hydrogen-bond donors (Lipinski definition) is 2. The standard InChI is InChI=1S/C10H13Cl2NO.ClH/c1-2-9(14)10(13)6-3-7(11)5-8(12)4-6;/h3-5,9-10,14H,2,13H2,1H3;1H/t9-,10+;/m1./s1. The molecular formula is C10H14Cl3NO. The molecule has 0 aliphatic heterocycles. The zero-order valence-corrected chi connectivity index (χ0v) is 10.6. The second-order valence-corrected chi connectivity index (χ2v) is 4.08. The topological polar surface area (TPSA) is 46.2 Å². The van der Waals surface area contributed by atoms with Crippen molar-refractivity contribution in [1.29, 1.82) is 0 Å². The average Bonchev–Trinajstić information content (AvgIpc) is 2.14. The summed E-state index contributed by atoms with van der Waals surface area (Å²) in [6.07, 6.45) is 0.0372. The van der Waals surface area contributed by atoms with Gasteiger partial charge >= 0.3 is 0 Å². The molecule has 0 amide bonds. The van der Waals surface area contributed by atoms with Crippen LogP contribution in [0, 0.1) is 0 Å². The molecule has 0 unspecified atom stereocenters. The zero-order chi connectivity index (χ0) is 10.7. The molecule has 1 aromatic carbocycles. The van der Waals surface area contributed by atoms with E-state index in [-0.39, 0.29) is 12.4 Å². The van der Waals surface area contributed by atoms with Gasteiger partial charge in [-0.2, -0.15) is 0 Å². The van der Waals surface area contributed by atoms with Crippen molar-refractivity contribution in [3.63, 3.8) is 0 Å². The third kappa shape index (κ3) is 4.17. The second kappa shape index (κ2) is 6.56. The summed E-state index contributed by atoms with van der Waals surface area (Å²) in [4.78, 5) is 0. The van der Waals surface area contributed by atoms with Gasteiger partial charge in [0.05, 0.1) is 12.1 Å². The van der Waals surface area contributed by atoms with Crippen LogP contribution < -0.4 is 5.73 Å². The van der Waals surface area contributed by atoms with E-state index in [1.54, 1.807) is 18.2 Å². The molecule has 0 radical (unpaired) electrons. The van der Waals surface area contributed by atoms with E-state index in [1.807, 2.05) is 6.92 Å². The van der Waals surface area contributed by atoms with Gasteiger partial charge in [-0.15, -0.1) is 12.4 Å². The Bertz CT molecular complexity index is 299. The Labute approximate surface area is 106 Å². The van der Waals surface area contributed by atoms with Gasteiger partial charge in [0.2, 0.25) is 0 Å². The SMILES string of the molecule is CC[C@@H](O)[C@@H](N)c1cc(Cl)cc(Cl)c1.Cl. The van der Waals surface area contributed by atoms with E-state index in [4.69, 9.17) is 28.9 Å². The monoisotopic (exact) mass is 269 g/mol. The van der Waals surface area contributed by atoms with Crippen LogP contribution in [-0.4, -0.2) is 11.2 Å². The molecular weight excluding hydrogens is 256 g/mol. The van der Waals surface area contributed by atoms with Crippen LogP contribution in [0.2, 0.25) is 10.0 Å². The van der Waals surface area contributed by atoms with E-state index in [2.05, 4.69) is 0 Å². The number of aliphatic hydroxyl groups is 1. The molecule has 0 aliphatic carbocycles. The molecule has 0 saturated heterocycles. The van der Waals surface area contributed by atoms with Crippen molar-refractivity contribution in [2.24, 2.45) is 5.73 Å². The summed E-state index contributed by atoms with van der Waals surface area (Å²) in [6, 6.07) is 4.64. The molecule has 5 heteroatoms. The number of halogens is 3. The Morgan fingerprint density at radius 3 is 2.13 bits per heavy atom.